The van der Waals surface area contributed by atoms with Crippen LogP contribution < -0.4 is 9.47 Å². The second kappa shape index (κ2) is 16.4. The van der Waals surface area contributed by atoms with Crippen LogP contribution in [0.5, 0.6) is 11.5 Å². The van der Waals surface area contributed by atoms with Gasteiger partial charge in [-0.3, -0.25) is 0 Å². The Bertz CT molecular complexity index is 1300. The molecule has 1 N–H and O–H groups in total. The minimum Gasteiger partial charge on any atom is -0.497 e. The van der Waals surface area contributed by atoms with E-state index in [9.17, 15) is 9.90 Å². The number of hydrogen-bond acceptors (Lipinski definition) is 9. The average Bonchev–Trinajstić information content (AvgIpc) is 3.34. The number of hydrogen-bond donors (Lipinski definition) is 1. The molecule has 246 valence electrons. The van der Waals surface area contributed by atoms with Crippen LogP contribution in [0, 0.1) is 5.92 Å². The largest absolute Gasteiger partial charge is 0.497 e. The Morgan fingerprint density at radius 3 is 2.51 bits per heavy atom. The molecule has 9 nitrogen and oxygen atoms in total. The van der Waals surface area contributed by atoms with Gasteiger partial charge in [0.2, 0.25) is 0 Å². The van der Waals surface area contributed by atoms with Crippen molar-refractivity contribution < 1.29 is 43.1 Å². The Morgan fingerprint density at radius 1 is 1.00 bits per heavy atom. The molecule has 5 atom stereocenters. The zero-order chi connectivity index (χ0) is 32.4. The van der Waals surface area contributed by atoms with Crippen LogP contribution >= 0.6 is 0 Å². The fourth-order valence-corrected chi connectivity index (χ4v) is 5.48. The standard InChI is InChI=1S/C36H48O9/c1-24-13-19-30(37)34-32(44-36(3,4)45-34)12-9-11-29-27(10-7-8-21-41-22-26-14-17-28(40-6)18-15-26)16-20-31(42-23-39-5)33(29)35(38)43-25(24)2/h9,11,13-20,24-25,30,32,34,37H,7-8,10,12,21-23H2,1-6H3/b11-9?,19-13-/t24-,25+,30?,32+,34-/m1/s1. The van der Waals surface area contributed by atoms with Gasteiger partial charge in [0, 0.05) is 19.6 Å². The Kier molecular flexibility index (Phi) is 12.6. The number of carbonyl (C=O) groups is 1. The number of carbonyl (C=O) groups excluding carboxylic acids is 1. The lowest BCUT2D eigenvalue weighted by Gasteiger charge is -2.23. The van der Waals surface area contributed by atoms with Crippen molar-refractivity contribution in [2.24, 2.45) is 5.92 Å². The van der Waals surface area contributed by atoms with Gasteiger partial charge in [0.05, 0.1) is 19.8 Å². The van der Waals surface area contributed by atoms with E-state index in [1.54, 1.807) is 13.2 Å². The predicted molar refractivity (Wildman–Crippen MR) is 171 cm³/mol. The minimum atomic E-state index is -0.873. The molecule has 0 saturated carbocycles. The van der Waals surface area contributed by atoms with Crippen LogP contribution in [0.4, 0.5) is 0 Å². The Labute approximate surface area is 267 Å². The summed E-state index contributed by atoms with van der Waals surface area (Å²) in [5.74, 6) is -0.256. The van der Waals surface area contributed by atoms with Crippen molar-refractivity contribution in [3.8, 4) is 11.5 Å². The van der Waals surface area contributed by atoms with Crippen LogP contribution in [-0.4, -0.2) is 68.9 Å². The Balaban J connectivity index is 1.56. The number of cyclic esters (lactones) is 1. The van der Waals surface area contributed by atoms with Crippen LogP contribution in [-0.2, 0) is 36.7 Å². The molecule has 0 bridgehead atoms. The van der Waals surface area contributed by atoms with Crippen molar-refractivity contribution in [3.05, 3.63) is 76.9 Å². The van der Waals surface area contributed by atoms with E-state index in [0.29, 0.717) is 30.9 Å². The van der Waals surface area contributed by atoms with Crippen LogP contribution in [0.2, 0.25) is 0 Å². The van der Waals surface area contributed by atoms with Crippen LogP contribution in [0.1, 0.15) is 74.0 Å². The first-order chi connectivity index (χ1) is 21.6. The summed E-state index contributed by atoms with van der Waals surface area (Å²) in [6.07, 6.45) is 8.11. The molecule has 0 radical (unpaired) electrons. The fraction of sp³-hybridized carbons (Fsp3) is 0.528. The molecule has 9 heteroatoms. The summed E-state index contributed by atoms with van der Waals surface area (Å²) in [6, 6.07) is 11.6. The summed E-state index contributed by atoms with van der Waals surface area (Å²) < 4.78 is 40.4. The molecular formula is C36H48O9. The maximum absolute atomic E-state index is 13.8. The number of methoxy groups -OCH3 is 2. The average molecular weight is 625 g/mol. The smallest absolute Gasteiger partial charge is 0.342 e. The lowest BCUT2D eigenvalue weighted by Crippen LogP contribution is -2.34. The molecule has 0 aliphatic carbocycles. The number of unbranched alkanes of at least 4 members (excludes halogenated alkanes) is 1. The Hall–Kier alpha value is -3.21. The molecule has 2 aromatic carbocycles. The number of benzene rings is 2. The van der Waals surface area contributed by atoms with E-state index in [-0.39, 0.29) is 18.8 Å². The van der Waals surface area contributed by atoms with Crippen LogP contribution in [0.15, 0.2) is 54.6 Å². The highest BCUT2D eigenvalue weighted by molar-refractivity contribution is 5.97. The third kappa shape index (κ3) is 9.64. The molecule has 1 unspecified atom stereocenters. The first-order valence-corrected chi connectivity index (χ1v) is 15.7. The van der Waals surface area contributed by atoms with E-state index in [1.165, 1.54) is 7.11 Å². The van der Waals surface area contributed by atoms with E-state index in [0.717, 1.165) is 41.7 Å². The fourth-order valence-electron chi connectivity index (χ4n) is 5.48. The van der Waals surface area contributed by atoms with Crippen LogP contribution in [0.3, 0.4) is 0 Å². The van der Waals surface area contributed by atoms with Gasteiger partial charge in [-0.1, -0.05) is 49.4 Å². The van der Waals surface area contributed by atoms with E-state index >= 15 is 0 Å². The molecule has 2 heterocycles. The zero-order valence-electron chi connectivity index (χ0n) is 27.3. The molecule has 4 rings (SSSR count). The number of rotatable bonds is 11. The highest BCUT2D eigenvalue weighted by atomic mass is 16.8. The molecule has 1 fully saturated rings. The van der Waals surface area contributed by atoms with Gasteiger partial charge in [-0.2, -0.15) is 0 Å². The van der Waals surface area contributed by atoms with Gasteiger partial charge >= 0.3 is 5.97 Å². The number of aryl methyl sites for hydroxylation is 1. The topological polar surface area (TPSA) is 102 Å². The maximum Gasteiger partial charge on any atom is 0.342 e. The first kappa shape index (κ1) is 34.7. The van der Waals surface area contributed by atoms with E-state index < -0.39 is 30.1 Å². The Morgan fingerprint density at radius 2 is 1.78 bits per heavy atom. The third-order valence-electron chi connectivity index (χ3n) is 8.10. The van der Waals surface area contributed by atoms with Crippen molar-refractivity contribution >= 4 is 12.0 Å². The van der Waals surface area contributed by atoms with E-state index in [2.05, 4.69) is 0 Å². The minimum absolute atomic E-state index is 0.00901. The summed E-state index contributed by atoms with van der Waals surface area (Å²) in [4.78, 5) is 13.8. The van der Waals surface area contributed by atoms with E-state index in [4.69, 9.17) is 33.2 Å². The lowest BCUT2D eigenvalue weighted by atomic mass is 9.94. The summed E-state index contributed by atoms with van der Waals surface area (Å²) in [6.45, 7) is 8.61. The molecule has 0 amide bonds. The zero-order valence-corrected chi connectivity index (χ0v) is 27.3. The lowest BCUT2D eigenvalue weighted by molar-refractivity contribution is -0.152. The number of ether oxygens (including phenoxy) is 7. The van der Waals surface area contributed by atoms with Crippen molar-refractivity contribution in [1.29, 1.82) is 0 Å². The first-order valence-electron chi connectivity index (χ1n) is 15.7. The molecule has 0 aromatic heterocycles. The van der Waals surface area contributed by atoms with E-state index in [1.807, 2.05) is 82.3 Å². The highest BCUT2D eigenvalue weighted by Crippen LogP contribution is 2.34. The monoisotopic (exact) mass is 624 g/mol. The summed E-state index contributed by atoms with van der Waals surface area (Å²) >= 11 is 0. The molecule has 2 aliphatic rings. The molecule has 0 spiro atoms. The van der Waals surface area contributed by atoms with Crippen LogP contribution in [0.25, 0.3) is 6.08 Å². The van der Waals surface area contributed by atoms with Crippen molar-refractivity contribution in [1.82, 2.24) is 0 Å². The molecule has 45 heavy (non-hydrogen) atoms. The number of aliphatic hydroxyl groups is 1. The molecular weight excluding hydrogens is 576 g/mol. The molecule has 2 aromatic rings. The molecule has 1 saturated heterocycles. The number of aliphatic hydroxyl groups excluding tert-OH is 1. The van der Waals surface area contributed by atoms with Crippen molar-refractivity contribution in [2.45, 2.75) is 90.2 Å². The van der Waals surface area contributed by atoms with Gasteiger partial charge in [-0.25, -0.2) is 4.79 Å². The van der Waals surface area contributed by atoms with Gasteiger partial charge in [0.25, 0.3) is 0 Å². The summed E-state index contributed by atoms with van der Waals surface area (Å²) in [5, 5.41) is 11.0. The van der Waals surface area contributed by atoms with Crippen molar-refractivity contribution in [2.75, 3.05) is 27.6 Å². The normalized spacial score (nSPS) is 25.5. The highest BCUT2D eigenvalue weighted by Gasteiger charge is 2.43. The van der Waals surface area contributed by atoms with Gasteiger partial charge < -0.3 is 38.3 Å². The summed E-state index contributed by atoms with van der Waals surface area (Å²) in [7, 11) is 3.19. The van der Waals surface area contributed by atoms with Gasteiger partial charge in [-0.05, 0) is 81.3 Å². The predicted octanol–water partition coefficient (Wildman–Crippen LogP) is 6.25. The van der Waals surface area contributed by atoms with Gasteiger partial charge in [0.15, 0.2) is 12.6 Å². The SMILES string of the molecule is COCOc1ccc(CCCCOCc2ccc(OC)cc2)c2c1C(=O)O[C@@H](C)[C@H](C)/C=C\C(O)[C@H]1OC(C)(C)O[C@H]1CC=C2. The summed E-state index contributed by atoms with van der Waals surface area (Å²) in [5.41, 5.74) is 3.17. The second-order valence-electron chi connectivity index (χ2n) is 12.0. The molecule has 2 aliphatic heterocycles. The van der Waals surface area contributed by atoms with Gasteiger partial charge in [-0.15, -0.1) is 0 Å². The van der Waals surface area contributed by atoms with Gasteiger partial charge in [0.1, 0.15) is 35.4 Å². The third-order valence-corrected chi connectivity index (χ3v) is 8.10. The number of esters is 1. The maximum atomic E-state index is 13.8. The second-order valence-corrected chi connectivity index (χ2v) is 12.0. The van der Waals surface area contributed by atoms with Crippen molar-refractivity contribution in [3.63, 3.8) is 0 Å². The quantitative estimate of drug-likeness (QED) is 0.134. The number of fused-ring (bicyclic) bond motifs is 2.